The minimum absolute atomic E-state index is 0.0597. The Bertz CT molecular complexity index is 371. The van der Waals surface area contributed by atoms with Crippen LogP contribution in [0.5, 0.6) is 5.88 Å². The van der Waals surface area contributed by atoms with E-state index in [1.54, 1.807) is 18.5 Å². The summed E-state index contributed by atoms with van der Waals surface area (Å²) < 4.78 is 1.47. The molecule has 1 N–H and O–H groups in total. The summed E-state index contributed by atoms with van der Waals surface area (Å²) in [6.07, 6.45) is 4.79. The first kappa shape index (κ1) is 6.78. The predicted octanol–water partition coefficient (Wildman–Crippen LogP) is 0.368. The Labute approximate surface area is 68.3 Å². The summed E-state index contributed by atoms with van der Waals surface area (Å²) >= 11 is 0. The lowest BCUT2D eigenvalue weighted by Gasteiger charge is -1.97. The van der Waals surface area contributed by atoms with Crippen molar-refractivity contribution >= 4 is 0 Å². The maximum Gasteiger partial charge on any atom is 0.253 e. The molecule has 0 bridgehead atoms. The topological polar surface area (TPSA) is 63.8 Å². The molecule has 0 atom stereocenters. The van der Waals surface area contributed by atoms with Crippen molar-refractivity contribution in [2.75, 3.05) is 0 Å². The van der Waals surface area contributed by atoms with Crippen molar-refractivity contribution < 1.29 is 5.11 Å². The fraction of sp³-hybridized carbons (Fsp3) is 0. The van der Waals surface area contributed by atoms with E-state index in [2.05, 4.69) is 15.1 Å². The summed E-state index contributed by atoms with van der Waals surface area (Å²) in [6, 6.07) is 3.17. The van der Waals surface area contributed by atoms with Gasteiger partial charge in [0.1, 0.15) is 0 Å². The molecular formula is C7H6N4O. The molecule has 0 unspecified atom stereocenters. The van der Waals surface area contributed by atoms with E-state index >= 15 is 0 Å². The average Bonchev–Trinajstić information content (AvgIpc) is 2.56. The van der Waals surface area contributed by atoms with E-state index in [1.165, 1.54) is 16.9 Å². The van der Waals surface area contributed by atoms with E-state index in [-0.39, 0.29) is 5.88 Å². The molecule has 0 radical (unpaired) electrons. The van der Waals surface area contributed by atoms with Crippen LogP contribution in [0.3, 0.4) is 0 Å². The SMILES string of the molecule is Oc1ccnc(-n2cccn2)n1. The molecule has 5 nitrogen and oxygen atoms in total. The highest BCUT2D eigenvalue weighted by molar-refractivity contribution is 5.15. The fourth-order valence-electron chi connectivity index (χ4n) is 0.837. The molecule has 2 heterocycles. The zero-order valence-electron chi connectivity index (χ0n) is 6.12. The second-order valence-corrected chi connectivity index (χ2v) is 2.17. The molecule has 2 aromatic rings. The van der Waals surface area contributed by atoms with Gasteiger partial charge in [0.15, 0.2) is 0 Å². The molecule has 2 aromatic heterocycles. The van der Waals surface area contributed by atoms with Gasteiger partial charge in [-0.3, -0.25) is 0 Å². The number of rotatable bonds is 1. The van der Waals surface area contributed by atoms with Crippen molar-refractivity contribution in [2.45, 2.75) is 0 Å². The zero-order valence-corrected chi connectivity index (χ0v) is 6.12. The first-order valence-electron chi connectivity index (χ1n) is 3.38. The number of hydrogen-bond donors (Lipinski definition) is 1. The standard InChI is InChI=1S/C7H6N4O/c12-6-2-4-8-7(10-6)11-5-1-3-9-11/h1-5H,(H,8,10,12). The van der Waals surface area contributed by atoms with Gasteiger partial charge in [-0.05, 0) is 6.07 Å². The summed E-state index contributed by atoms with van der Waals surface area (Å²) in [6.45, 7) is 0. The van der Waals surface area contributed by atoms with Crippen molar-refractivity contribution in [2.24, 2.45) is 0 Å². The van der Waals surface area contributed by atoms with Crippen LogP contribution in [0.1, 0.15) is 0 Å². The van der Waals surface area contributed by atoms with Gasteiger partial charge >= 0.3 is 0 Å². The average molecular weight is 162 g/mol. The van der Waals surface area contributed by atoms with Gasteiger partial charge in [-0.2, -0.15) is 10.1 Å². The van der Waals surface area contributed by atoms with Crippen LogP contribution in [0.15, 0.2) is 30.7 Å². The maximum atomic E-state index is 9.02. The normalized spacial score (nSPS) is 10.0. The van der Waals surface area contributed by atoms with Gasteiger partial charge < -0.3 is 5.11 Å². The molecule has 0 spiro atoms. The largest absolute Gasteiger partial charge is 0.493 e. The van der Waals surface area contributed by atoms with Gasteiger partial charge in [0, 0.05) is 24.7 Å². The molecule has 0 fully saturated rings. The van der Waals surface area contributed by atoms with Crippen LogP contribution in [0.4, 0.5) is 0 Å². The molecule has 0 saturated heterocycles. The van der Waals surface area contributed by atoms with Crippen molar-refractivity contribution in [3.8, 4) is 11.8 Å². The molecule has 2 rings (SSSR count). The van der Waals surface area contributed by atoms with E-state index in [1.807, 2.05) is 0 Å². The van der Waals surface area contributed by atoms with Gasteiger partial charge in [-0.1, -0.05) is 0 Å². The minimum Gasteiger partial charge on any atom is -0.493 e. The third kappa shape index (κ3) is 1.12. The van der Waals surface area contributed by atoms with Crippen LogP contribution < -0.4 is 0 Å². The highest BCUT2D eigenvalue weighted by atomic mass is 16.3. The number of aromatic hydroxyl groups is 1. The molecule has 0 aliphatic rings. The molecule has 0 aliphatic carbocycles. The van der Waals surface area contributed by atoms with E-state index in [4.69, 9.17) is 5.11 Å². The van der Waals surface area contributed by atoms with Crippen molar-refractivity contribution in [3.05, 3.63) is 30.7 Å². The second-order valence-electron chi connectivity index (χ2n) is 2.17. The minimum atomic E-state index is -0.0597. The summed E-state index contributed by atoms with van der Waals surface area (Å²) in [5.74, 6) is 0.301. The van der Waals surface area contributed by atoms with Gasteiger partial charge in [0.05, 0.1) is 0 Å². The van der Waals surface area contributed by atoms with E-state index in [0.717, 1.165) is 0 Å². The van der Waals surface area contributed by atoms with E-state index < -0.39 is 0 Å². The number of aromatic nitrogens is 4. The zero-order chi connectivity index (χ0) is 8.39. The van der Waals surface area contributed by atoms with Crippen molar-refractivity contribution in [3.63, 3.8) is 0 Å². The lowest BCUT2D eigenvalue weighted by molar-refractivity contribution is 0.450. The third-order valence-electron chi connectivity index (χ3n) is 1.34. The molecule has 0 aliphatic heterocycles. The summed E-state index contributed by atoms with van der Waals surface area (Å²) in [5, 5.41) is 12.9. The second kappa shape index (κ2) is 2.61. The molecule has 12 heavy (non-hydrogen) atoms. The number of nitrogens with zero attached hydrogens (tertiary/aromatic N) is 4. The fourth-order valence-corrected chi connectivity index (χ4v) is 0.837. The Morgan fingerprint density at radius 2 is 2.25 bits per heavy atom. The van der Waals surface area contributed by atoms with Gasteiger partial charge in [0.25, 0.3) is 5.95 Å². The Morgan fingerprint density at radius 3 is 2.92 bits per heavy atom. The lowest BCUT2D eigenvalue weighted by atomic mass is 10.6. The molecule has 0 amide bonds. The maximum absolute atomic E-state index is 9.02. The summed E-state index contributed by atoms with van der Waals surface area (Å²) in [5.41, 5.74) is 0. The quantitative estimate of drug-likeness (QED) is 0.657. The smallest absolute Gasteiger partial charge is 0.253 e. The third-order valence-corrected chi connectivity index (χ3v) is 1.34. The van der Waals surface area contributed by atoms with E-state index in [0.29, 0.717) is 5.95 Å². The van der Waals surface area contributed by atoms with Crippen molar-refractivity contribution in [1.29, 1.82) is 0 Å². The summed E-state index contributed by atoms with van der Waals surface area (Å²) in [4.78, 5) is 7.67. The number of hydrogen-bond acceptors (Lipinski definition) is 4. The molecule has 0 saturated carbocycles. The van der Waals surface area contributed by atoms with Gasteiger partial charge in [-0.15, -0.1) is 0 Å². The highest BCUT2D eigenvalue weighted by Gasteiger charge is 1.98. The Hall–Kier alpha value is -1.91. The van der Waals surface area contributed by atoms with Gasteiger partial charge in [-0.25, -0.2) is 9.67 Å². The van der Waals surface area contributed by atoms with Crippen LogP contribution in [-0.4, -0.2) is 24.9 Å². The monoisotopic (exact) mass is 162 g/mol. The van der Waals surface area contributed by atoms with Crippen LogP contribution in [-0.2, 0) is 0 Å². The molecule has 60 valence electrons. The van der Waals surface area contributed by atoms with Gasteiger partial charge in [0.2, 0.25) is 5.88 Å². The Morgan fingerprint density at radius 1 is 1.33 bits per heavy atom. The Kier molecular flexibility index (Phi) is 1.48. The molecular weight excluding hydrogens is 156 g/mol. The van der Waals surface area contributed by atoms with E-state index in [9.17, 15) is 0 Å². The van der Waals surface area contributed by atoms with Crippen LogP contribution in [0.25, 0.3) is 5.95 Å². The first-order valence-corrected chi connectivity index (χ1v) is 3.38. The first-order chi connectivity index (χ1) is 5.86. The predicted molar refractivity (Wildman–Crippen MR) is 40.8 cm³/mol. The molecule has 0 aromatic carbocycles. The lowest BCUT2D eigenvalue weighted by Crippen LogP contribution is -1.99. The van der Waals surface area contributed by atoms with Crippen LogP contribution in [0, 0.1) is 0 Å². The Balaban J connectivity index is 2.48. The van der Waals surface area contributed by atoms with Crippen molar-refractivity contribution in [1.82, 2.24) is 19.7 Å². The summed E-state index contributed by atoms with van der Waals surface area (Å²) in [7, 11) is 0. The highest BCUT2D eigenvalue weighted by Crippen LogP contribution is 2.04. The molecule has 5 heteroatoms. The van der Waals surface area contributed by atoms with Crippen LogP contribution >= 0.6 is 0 Å². The van der Waals surface area contributed by atoms with Crippen LogP contribution in [0.2, 0.25) is 0 Å².